The van der Waals surface area contributed by atoms with Crippen LogP contribution in [0.15, 0.2) is 0 Å². The van der Waals surface area contributed by atoms with E-state index in [0.717, 1.165) is 26.4 Å². The quantitative estimate of drug-likeness (QED) is 0.356. The van der Waals surface area contributed by atoms with Crippen LogP contribution in [0.2, 0.25) is 0 Å². The monoisotopic (exact) mass is 311 g/mol. The molecule has 130 valence electrons. The first-order chi connectivity index (χ1) is 10.3. The van der Waals surface area contributed by atoms with Gasteiger partial charge in [-0.05, 0) is 13.8 Å². The Hall–Kier alpha value is -0.280. The molecule has 0 amide bonds. The highest BCUT2D eigenvalue weighted by Gasteiger charge is 1.88. The minimum absolute atomic E-state index is 0.0684. The van der Waals surface area contributed by atoms with Crippen molar-refractivity contribution in [3.8, 4) is 0 Å². The van der Waals surface area contributed by atoms with Crippen LogP contribution in [0, 0.1) is 0 Å². The van der Waals surface area contributed by atoms with Crippen LogP contribution in [0.25, 0.3) is 0 Å². The molecule has 0 aliphatic carbocycles. The molecule has 0 aromatic carbocycles. The zero-order valence-corrected chi connectivity index (χ0v) is 13.5. The van der Waals surface area contributed by atoms with E-state index < -0.39 is 0 Å². The fourth-order valence-electron chi connectivity index (χ4n) is 1.14. The Kier molecular flexibility index (Phi) is 27.1. The van der Waals surface area contributed by atoms with Gasteiger partial charge in [0.25, 0.3) is 0 Å². The van der Waals surface area contributed by atoms with Gasteiger partial charge in [-0.1, -0.05) is 0 Å². The molecule has 0 saturated heterocycles. The van der Waals surface area contributed by atoms with Crippen LogP contribution < -0.4 is 5.32 Å². The van der Waals surface area contributed by atoms with Crippen LogP contribution in [0.5, 0.6) is 0 Å². The normalized spacial score (nSPS) is 10.3. The first-order valence-electron chi connectivity index (χ1n) is 7.56. The second-order valence-corrected chi connectivity index (χ2v) is 3.82. The van der Waals surface area contributed by atoms with E-state index in [2.05, 4.69) is 5.32 Å². The molecule has 21 heavy (non-hydrogen) atoms. The van der Waals surface area contributed by atoms with E-state index in [0.29, 0.717) is 39.6 Å². The number of aliphatic hydroxyl groups is 2. The van der Waals surface area contributed by atoms with Crippen LogP contribution in [0.1, 0.15) is 13.8 Å². The van der Waals surface area contributed by atoms with Crippen molar-refractivity contribution >= 4 is 0 Å². The summed E-state index contributed by atoms with van der Waals surface area (Å²) in [6, 6.07) is 0. The van der Waals surface area contributed by atoms with Gasteiger partial charge in [-0.2, -0.15) is 0 Å². The predicted octanol–water partition coefficient (Wildman–Crippen LogP) is -0.347. The number of aliphatic hydroxyl groups excluding tert-OH is 2. The molecular weight excluding hydrogens is 278 g/mol. The lowest BCUT2D eigenvalue weighted by atomic mass is 10.6. The van der Waals surface area contributed by atoms with Crippen LogP contribution in [0.4, 0.5) is 0 Å². The summed E-state index contributed by atoms with van der Waals surface area (Å²) in [4.78, 5) is 0. The molecular formula is C14H33NO6. The molecule has 0 rings (SSSR count). The first kappa shape index (κ1) is 23.0. The van der Waals surface area contributed by atoms with Crippen molar-refractivity contribution in [2.24, 2.45) is 0 Å². The highest BCUT2D eigenvalue weighted by Crippen LogP contribution is 1.80. The van der Waals surface area contributed by atoms with Crippen LogP contribution in [-0.4, -0.2) is 89.4 Å². The highest BCUT2D eigenvalue weighted by atomic mass is 16.5. The van der Waals surface area contributed by atoms with E-state index in [1.165, 1.54) is 0 Å². The Labute approximate surface area is 128 Å². The van der Waals surface area contributed by atoms with Crippen molar-refractivity contribution in [3.63, 3.8) is 0 Å². The standard InChI is InChI=1S/C8H18O4.C6H15NO2/c1-2-10-5-6-12-8-7-11-4-3-9;1-2-9-6-4-7-3-5-8/h9H,2-8H2,1H3;7-8H,2-6H2,1H3. The number of ether oxygens (including phenoxy) is 4. The fourth-order valence-corrected chi connectivity index (χ4v) is 1.14. The molecule has 7 nitrogen and oxygen atoms in total. The van der Waals surface area contributed by atoms with E-state index in [1.54, 1.807) is 0 Å². The number of nitrogens with one attached hydrogen (secondary N) is 1. The lowest BCUT2D eigenvalue weighted by Gasteiger charge is -2.04. The molecule has 0 radical (unpaired) electrons. The van der Waals surface area contributed by atoms with Gasteiger partial charge in [0.05, 0.1) is 52.9 Å². The van der Waals surface area contributed by atoms with Crippen molar-refractivity contribution < 1.29 is 29.2 Å². The smallest absolute Gasteiger partial charge is 0.0701 e. The van der Waals surface area contributed by atoms with Gasteiger partial charge in [-0.15, -0.1) is 0 Å². The van der Waals surface area contributed by atoms with E-state index in [-0.39, 0.29) is 13.2 Å². The Bertz CT molecular complexity index is 146. The minimum atomic E-state index is 0.0684. The summed E-state index contributed by atoms with van der Waals surface area (Å²) in [6.07, 6.45) is 0. The lowest BCUT2D eigenvalue weighted by molar-refractivity contribution is 0.00965. The Morgan fingerprint density at radius 2 is 1.14 bits per heavy atom. The van der Waals surface area contributed by atoms with Crippen molar-refractivity contribution in [1.29, 1.82) is 0 Å². The van der Waals surface area contributed by atoms with Crippen molar-refractivity contribution in [1.82, 2.24) is 5.32 Å². The summed E-state index contributed by atoms with van der Waals surface area (Å²) in [7, 11) is 0. The number of rotatable bonds is 15. The van der Waals surface area contributed by atoms with Gasteiger partial charge in [0.1, 0.15) is 0 Å². The topological polar surface area (TPSA) is 89.4 Å². The maximum absolute atomic E-state index is 8.35. The molecule has 0 unspecified atom stereocenters. The van der Waals surface area contributed by atoms with Gasteiger partial charge < -0.3 is 34.5 Å². The van der Waals surface area contributed by atoms with Gasteiger partial charge in [0, 0.05) is 26.3 Å². The average Bonchev–Trinajstić information content (AvgIpc) is 2.51. The molecule has 0 heterocycles. The zero-order valence-electron chi connectivity index (χ0n) is 13.5. The third kappa shape index (κ3) is 28.6. The van der Waals surface area contributed by atoms with Gasteiger partial charge in [0.15, 0.2) is 0 Å². The average molecular weight is 311 g/mol. The number of hydrogen-bond acceptors (Lipinski definition) is 7. The third-order valence-electron chi connectivity index (χ3n) is 2.10. The van der Waals surface area contributed by atoms with Gasteiger partial charge in [-0.25, -0.2) is 0 Å². The van der Waals surface area contributed by atoms with Gasteiger partial charge >= 0.3 is 0 Å². The van der Waals surface area contributed by atoms with Crippen molar-refractivity contribution in [2.45, 2.75) is 13.8 Å². The maximum Gasteiger partial charge on any atom is 0.0701 e. The van der Waals surface area contributed by atoms with E-state index in [9.17, 15) is 0 Å². The minimum Gasteiger partial charge on any atom is -0.395 e. The van der Waals surface area contributed by atoms with Crippen LogP contribution in [0.3, 0.4) is 0 Å². The summed E-state index contributed by atoms with van der Waals surface area (Å²) in [5, 5.41) is 19.7. The molecule has 7 heteroatoms. The Morgan fingerprint density at radius 1 is 0.619 bits per heavy atom. The summed E-state index contributed by atoms with van der Waals surface area (Å²) in [6.45, 7) is 10.6. The van der Waals surface area contributed by atoms with Crippen LogP contribution >= 0.6 is 0 Å². The molecule has 0 saturated carbocycles. The second-order valence-electron chi connectivity index (χ2n) is 3.82. The van der Waals surface area contributed by atoms with Crippen molar-refractivity contribution in [2.75, 3.05) is 79.2 Å². The second kappa shape index (κ2) is 24.7. The summed E-state index contributed by atoms with van der Waals surface area (Å²) in [5.74, 6) is 0. The van der Waals surface area contributed by atoms with Gasteiger partial charge in [0.2, 0.25) is 0 Å². The van der Waals surface area contributed by atoms with Crippen molar-refractivity contribution in [3.05, 3.63) is 0 Å². The van der Waals surface area contributed by atoms with E-state index in [4.69, 9.17) is 29.2 Å². The molecule has 0 fully saturated rings. The Morgan fingerprint density at radius 3 is 1.67 bits per heavy atom. The van der Waals surface area contributed by atoms with E-state index in [1.807, 2.05) is 13.8 Å². The molecule has 0 aromatic rings. The largest absolute Gasteiger partial charge is 0.395 e. The SMILES string of the molecule is CCOCCNCCO.CCOCCOCCOCCO. The summed E-state index contributed by atoms with van der Waals surface area (Å²) >= 11 is 0. The number of hydrogen-bond donors (Lipinski definition) is 3. The summed E-state index contributed by atoms with van der Waals surface area (Å²) in [5.41, 5.74) is 0. The lowest BCUT2D eigenvalue weighted by Crippen LogP contribution is -2.22. The molecule has 3 N–H and O–H groups in total. The van der Waals surface area contributed by atoms with Gasteiger partial charge in [-0.3, -0.25) is 0 Å². The molecule has 0 aliphatic rings. The van der Waals surface area contributed by atoms with Crippen LogP contribution in [-0.2, 0) is 18.9 Å². The zero-order chi connectivity index (χ0) is 16.0. The summed E-state index contributed by atoms with van der Waals surface area (Å²) < 4.78 is 20.2. The highest BCUT2D eigenvalue weighted by molar-refractivity contribution is 4.42. The predicted molar refractivity (Wildman–Crippen MR) is 81.7 cm³/mol. The fraction of sp³-hybridized carbons (Fsp3) is 1.00. The molecule has 0 aromatic heterocycles. The molecule has 0 aliphatic heterocycles. The van der Waals surface area contributed by atoms with E-state index >= 15 is 0 Å². The maximum atomic E-state index is 8.35. The first-order valence-corrected chi connectivity index (χ1v) is 7.56. The molecule has 0 spiro atoms. The Balaban J connectivity index is 0. The molecule has 0 atom stereocenters. The third-order valence-corrected chi connectivity index (χ3v) is 2.10. The molecule has 0 bridgehead atoms.